The monoisotopic (exact) mass is 583 g/mol. The molecular formula is C26H29Cl2F6N3O. The zero-order chi connectivity index (χ0) is 28.1. The highest BCUT2D eigenvalue weighted by atomic mass is 35.5. The molecule has 2 aromatic carbocycles. The number of halogens is 8. The van der Waals surface area contributed by atoms with Crippen LogP contribution in [0.2, 0.25) is 10.0 Å². The fourth-order valence-electron chi connectivity index (χ4n) is 4.57. The highest BCUT2D eigenvalue weighted by molar-refractivity contribution is 6.42. The predicted octanol–water partition coefficient (Wildman–Crippen LogP) is 7.01. The van der Waals surface area contributed by atoms with Crippen molar-refractivity contribution in [1.82, 2.24) is 15.5 Å². The van der Waals surface area contributed by atoms with E-state index < -0.39 is 35.0 Å². The van der Waals surface area contributed by atoms with E-state index in [1.165, 1.54) is 6.42 Å². The van der Waals surface area contributed by atoms with Crippen molar-refractivity contribution in [2.75, 3.05) is 33.2 Å². The molecule has 3 rings (SSSR count). The standard InChI is InChI=1S/C26H29Cl2F6N3O/c1-37-10-2-3-21(37)7-9-35-8-6-17(16-4-5-22(27)23(28)13-16)15-36-24(38)18-11-19(25(29,30)31)14-20(12-18)26(32,33)34/h4-5,11-14,17,21,35H,2-3,6-10,15H2,1H3,(H,36,38). The van der Waals surface area contributed by atoms with Gasteiger partial charge >= 0.3 is 12.4 Å². The second-order valence-electron chi connectivity index (χ2n) is 9.48. The first-order valence-electron chi connectivity index (χ1n) is 12.2. The van der Waals surface area contributed by atoms with Crippen molar-refractivity contribution in [3.8, 4) is 0 Å². The molecule has 4 nitrogen and oxygen atoms in total. The third-order valence-corrected chi connectivity index (χ3v) is 7.51. The summed E-state index contributed by atoms with van der Waals surface area (Å²) in [5.74, 6) is -1.35. The van der Waals surface area contributed by atoms with Crippen LogP contribution in [0, 0.1) is 0 Å². The molecule has 0 aliphatic carbocycles. The Balaban J connectivity index is 1.69. The Kier molecular flexibility index (Phi) is 10.4. The Morgan fingerprint density at radius 2 is 1.66 bits per heavy atom. The Hall–Kier alpha value is -2.01. The first-order valence-corrected chi connectivity index (χ1v) is 12.9. The maximum absolute atomic E-state index is 13.2. The van der Waals surface area contributed by atoms with E-state index in [2.05, 4.69) is 22.6 Å². The lowest BCUT2D eigenvalue weighted by Gasteiger charge is -2.21. The van der Waals surface area contributed by atoms with Crippen LogP contribution < -0.4 is 10.6 Å². The molecular weight excluding hydrogens is 555 g/mol. The molecule has 1 aliphatic heterocycles. The van der Waals surface area contributed by atoms with E-state index in [1.54, 1.807) is 18.2 Å². The van der Waals surface area contributed by atoms with E-state index in [1.807, 2.05) is 0 Å². The van der Waals surface area contributed by atoms with Gasteiger partial charge in [0.2, 0.25) is 0 Å². The van der Waals surface area contributed by atoms with Gasteiger partial charge in [0.1, 0.15) is 0 Å². The van der Waals surface area contributed by atoms with Crippen LogP contribution in [0.15, 0.2) is 36.4 Å². The molecule has 210 valence electrons. The van der Waals surface area contributed by atoms with Crippen molar-refractivity contribution in [3.05, 3.63) is 68.7 Å². The first kappa shape index (κ1) is 30.5. The summed E-state index contributed by atoms with van der Waals surface area (Å²) in [5.41, 5.74) is -3.08. The zero-order valence-corrected chi connectivity index (χ0v) is 22.2. The maximum atomic E-state index is 13.2. The predicted molar refractivity (Wildman–Crippen MR) is 136 cm³/mol. The summed E-state index contributed by atoms with van der Waals surface area (Å²) in [6.07, 6.45) is -6.23. The van der Waals surface area contributed by atoms with E-state index >= 15 is 0 Å². The van der Waals surface area contributed by atoms with Gasteiger partial charge in [-0.3, -0.25) is 4.79 Å². The molecule has 0 bridgehead atoms. The Bertz CT molecular complexity index is 1080. The number of alkyl halides is 6. The summed E-state index contributed by atoms with van der Waals surface area (Å²) in [5, 5.41) is 6.51. The van der Waals surface area contributed by atoms with E-state index in [4.69, 9.17) is 23.2 Å². The van der Waals surface area contributed by atoms with Crippen molar-refractivity contribution in [2.24, 2.45) is 0 Å². The largest absolute Gasteiger partial charge is 0.416 e. The molecule has 1 saturated heterocycles. The average Bonchev–Trinajstić information content (AvgIpc) is 3.25. The molecule has 2 unspecified atom stereocenters. The van der Waals surface area contributed by atoms with Crippen LogP contribution >= 0.6 is 23.2 Å². The lowest BCUT2D eigenvalue weighted by Crippen LogP contribution is -2.32. The number of likely N-dealkylation sites (tertiary alicyclic amines) is 1. The normalized spacial score (nSPS) is 17.6. The lowest BCUT2D eigenvalue weighted by atomic mass is 9.95. The topological polar surface area (TPSA) is 44.4 Å². The van der Waals surface area contributed by atoms with Gasteiger partial charge in [0.15, 0.2) is 0 Å². The molecule has 0 radical (unpaired) electrons. The van der Waals surface area contributed by atoms with E-state index in [0.717, 1.165) is 31.5 Å². The molecule has 1 aliphatic rings. The summed E-state index contributed by atoms with van der Waals surface area (Å²) >= 11 is 12.2. The molecule has 2 aromatic rings. The van der Waals surface area contributed by atoms with Gasteiger partial charge in [-0.05, 0) is 88.3 Å². The van der Waals surface area contributed by atoms with Crippen molar-refractivity contribution >= 4 is 29.1 Å². The summed E-state index contributed by atoms with van der Waals surface area (Å²) in [6.45, 7) is 2.43. The number of rotatable bonds is 10. The van der Waals surface area contributed by atoms with Gasteiger partial charge in [-0.15, -0.1) is 0 Å². The SMILES string of the molecule is CN1CCCC1CCNCCC(CNC(=O)c1cc(C(F)(F)F)cc(C(F)(F)F)c1)c1ccc(Cl)c(Cl)c1. The number of benzene rings is 2. The summed E-state index contributed by atoms with van der Waals surface area (Å²) in [6, 6.07) is 6.32. The van der Waals surface area contributed by atoms with Crippen LogP contribution in [0.1, 0.15) is 58.6 Å². The van der Waals surface area contributed by atoms with Crippen molar-refractivity contribution < 1.29 is 31.1 Å². The number of carbonyl (C=O) groups is 1. The fraction of sp³-hybridized carbons (Fsp3) is 0.500. The summed E-state index contributed by atoms with van der Waals surface area (Å²) < 4.78 is 79.2. The van der Waals surface area contributed by atoms with Crippen LogP contribution in [0.25, 0.3) is 0 Å². The molecule has 0 aromatic heterocycles. The minimum atomic E-state index is -5.04. The van der Waals surface area contributed by atoms with E-state index in [-0.39, 0.29) is 18.5 Å². The third kappa shape index (κ3) is 8.49. The van der Waals surface area contributed by atoms with Gasteiger partial charge in [0.05, 0.1) is 21.2 Å². The Morgan fingerprint density at radius 1 is 1.00 bits per heavy atom. The number of carbonyl (C=O) groups excluding carboxylic acids is 1. The number of hydrogen-bond donors (Lipinski definition) is 2. The number of amides is 1. The van der Waals surface area contributed by atoms with Crippen LogP contribution in [0.5, 0.6) is 0 Å². The van der Waals surface area contributed by atoms with Gasteiger partial charge in [-0.1, -0.05) is 29.3 Å². The summed E-state index contributed by atoms with van der Waals surface area (Å²) in [4.78, 5) is 15.0. The molecule has 0 spiro atoms. The number of nitrogens with one attached hydrogen (secondary N) is 2. The van der Waals surface area contributed by atoms with Crippen molar-refractivity contribution in [2.45, 2.75) is 50.0 Å². The Labute approximate surface area is 227 Å². The second kappa shape index (κ2) is 12.9. The molecule has 1 amide bonds. The summed E-state index contributed by atoms with van der Waals surface area (Å²) in [7, 11) is 2.10. The quantitative estimate of drug-likeness (QED) is 0.233. The first-order chi connectivity index (χ1) is 17.8. The van der Waals surface area contributed by atoms with E-state index in [9.17, 15) is 31.1 Å². The molecule has 38 heavy (non-hydrogen) atoms. The minimum absolute atomic E-state index is 0.00962. The van der Waals surface area contributed by atoms with E-state index in [0.29, 0.717) is 41.2 Å². The third-order valence-electron chi connectivity index (χ3n) is 6.77. The van der Waals surface area contributed by atoms with Crippen LogP contribution in [0.4, 0.5) is 26.3 Å². The molecule has 12 heteroatoms. The molecule has 2 N–H and O–H groups in total. The zero-order valence-electron chi connectivity index (χ0n) is 20.7. The minimum Gasteiger partial charge on any atom is -0.351 e. The maximum Gasteiger partial charge on any atom is 0.416 e. The lowest BCUT2D eigenvalue weighted by molar-refractivity contribution is -0.143. The second-order valence-corrected chi connectivity index (χ2v) is 10.3. The fourth-order valence-corrected chi connectivity index (χ4v) is 4.88. The smallest absolute Gasteiger partial charge is 0.351 e. The molecule has 0 saturated carbocycles. The van der Waals surface area contributed by atoms with Crippen LogP contribution in [-0.4, -0.2) is 50.1 Å². The Morgan fingerprint density at radius 3 is 2.21 bits per heavy atom. The van der Waals surface area contributed by atoms with Crippen molar-refractivity contribution in [3.63, 3.8) is 0 Å². The number of nitrogens with zero attached hydrogens (tertiary/aromatic N) is 1. The van der Waals surface area contributed by atoms with Crippen molar-refractivity contribution in [1.29, 1.82) is 0 Å². The molecule has 2 atom stereocenters. The molecule has 1 fully saturated rings. The van der Waals surface area contributed by atoms with Gasteiger partial charge in [-0.25, -0.2) is 0 Å². The van der Waals surface area contributed by atoms with Gasteiger partial charge < -0.3 is 15.5 Å². The van der Waals surface area contributed by atoms with Gasteiger partial charge in [-0.2, -0.15) is 26.3 Å². The molecule has 1 heterocycles. The van der Waals surface area contributed by atoms with Gasteiger partial charge in [0, 0.05) is 24.1 Å². The van der Waals surface area contributed by atoms with Crippen LogP contribution in [-0.2, 0) is 12.4 Å². The average molecular weight is 584 g/mol. The highest BCUT2D eigenvalue weighted by Crippen LogP contribution is 2.36. The van der Waals surface area contributed by atoms with Crippen LogP contribution in [0.3, 0.4) is 0 Å². The number of hydrogen-bond acceptors (Lipinski definition) is 3. The van der Waals surface area contributed by atoms with Gasteiger partial charge in [0.25, 0.3) is 5.91 Å². The highest BCUT2D eigenvalue weighted by Gasteiger charge is 2.37.